The molecule has 0 saturated heterocycles. The SMILES string of the molecule is C[C@H](NC(=O)Cc1ccc(Br)cc1)C(=O)N1CCCc2ccccc21. The van der Waals surface area contributed by atoms with Crippen molar-refractivity contribution in [2.45, 2.75) is 32.2 Å². The minimum Gasteiger partial charge on any atom is -0.344 e. The zero-order chi connectivity index (χ0) is 17.8. The van der Waals surface area contributed by atoms with Gasteiger partial charge in [0.25, 0.3) is 0 Å². The Morgan fingerprint density at radius 2 is 1.88 bits per heavy atom. The fourth-order valence-corrected chi connectivity index (χ4v) is 3.40. The molecule has 0 aromatic heterocycles. The lowest BCUT2D eigenvalue weighted by Crippen LogP contribution is -2.49. The molecule has 0 spiro atoms. The Balaban J connectivity index is 1.63. The fraction of sp³-hybridized carbons (Fsp3) is 0.300. The first kappa shape index (κ1) is 17.7. The van der Waals surface area contributed by atoms with E-state index in [1.807, 2.05) is 42.5 Å². The van der Waals surface area contributed by atoms with Crippen molar-refractivity contribution >= 4 is 33.4 Å². The molecule has 2 aromatic rings. The van der Waals surface area contributed by atoms with Crippen LogP contribution in [0.5, 0.6) is 0 Å². The predicted molar refractivity (Wildman–Crippen MR) is 103 cm³/mol. The third-order valence-electron chi connectivity index (χ3n) is 4.40. The van der Waals surface area contributed by atoms with Crippen LogP contribution < -0.4 is 10.2 Å². The van der Waals surface area contributed by atoms with E-state index in [9.17, 15) is 9.59 Å². The molecule has 0 radical (unpaired) electrons. The number of carbonyl (C=O) groups excluding carboxylic acids is 2. The van der Waals surface area contributed by atoms with E-state index in [2.05, 4.69) is 27.3 Å². The molecule has 1 aliphatic rings. The highest BCUT2D eigenvalue weighted by Gasteiger charge is 2.26. The van der Waals surface area contributed by atoms with Gasteiger partial charge in [0.2, 0.25) is 11.8 Å². The van der Waals surface area contributed by atoms with Crippen LogP contribution in [0.4, 0.5) is 5.69 Å². The van der Waals surface area contributed by atoms with Gasteiger partial charge in [0.15, 0.2) is 0 Å². The van der Waals surface area contributed by atoms with E-state index in [0.29, 0.717) is 6.54 Å². The van der Waals surface area contributed by atoms with Crippen LogP contribution in [0.2, 0.25) is 0 Å². The van der Waals surface area contributed by atoms with Gasteiger partial charge >= 0.3 is 0 Å². The molecule has 4 nitrogen and oxygen atoms in total. The number of fused-ring (bicyclic) bond motifs is 1. The molecule has 130 valence electrons. The molecule has 3 rings (SSSR count). The zero-order valence-corrected chi connectivity index (χ0v) is 15.8. The number of rotatable bonds is 4. The normalized spacial score (nSPS) is 14.6. The second-order valence-electron chi connectivity index (χ2n) is 6.31. The quantitative estimate of drug-likeness (QED) is 0.853. The third-order valence-corrected chi connectivity index (χ3v) is 4.93. The van der Waals surface area contributed by atoms with Crippen LogP contribution in [0, 0.1) is 0 Å². The second kappa shape index (κ2) is 7.83. The van der Waals surface area contributed by atoms with Crippen molar-refractivity contribution in [1.29, 1.82) is 0 Å². The summed E-state index contributed by atoms with van der Waals surface area (Å²) in [5.41, 5.74) is 3.08. The number of anilines is 1. The molecule has 0 bridgehead atoms. The fourth-order valence-electron chi connectivity index (χ4n) is 3.14. The molecule has 25 heavy (non-hydrogen) atoms. The lowest BCUT2D eigenvalue weighted by Gasteiger charge is -2.31. The molecule has 1 heterocycles. The number of para-hydroxylation sites is 1. The van der Waals surface area contributed by atoms with Gasteiger partial charge in [0.1, 0.15) is 6.04 Å². The molecule has 1 N–H and O–H groups in total. The van der Waals surface area contributed by atoms with Gasteiger partial charge in [0.05, 0.1) is 6.42 Å². The van der Waals surface area contributed by atoms with Crippen LogP contribution in [0.25, 0.3) is 0 Å². The molecule has 2 amide bonds. The minimum atomic E-state index is -0.547. The Hall–Kier alpha value is -2.14. The lowest BCUT2D eigenvalue weighted by atomic mass is 10.0. The molecule has 0 saturated carbocycles. The lowest BCUT2D eigenvalue weighted by molar-refractivity contribution is -0.126. The van der Waals surface area contributed by atoms with Crippen LogP contribution in [0.3, 0.4) is 0 Å². The van der Waals surface area contributed by atoms with E-state index in [1.165, 1.54) is 5.56 Å². The first-order chi connectivity index (χ1) is 12.0. The molecule has 0 unspecified atom stereocenters. The van der Waals surface area contributed by atoms with Gasteiger partial charge in [0, 0.05) is 16.7 Å². The summed E-state index contributed by atoms with van der Waals surface area (Å²) in [5, 5.41) is 2.83. The molecular formula is C20H21BrN2O2. The maximum atomic E-state index is 12.8. The smallest absolute Gasteiger partial charge is 0.249 e. The molecule has 1 aliphatic heterocycles. The van der Waals surface area contributed by atoms with Crippen molar-refractivity contribution in [3.05, 3.63) is 64.1 Å². The van der Waals surface area contributed by atoms with Crippen LogP contribution in [-0.4, -0.2) is 24.4 Å². The maximum absolute atomic E-state index is 12.8. The van der Waals surface area contributed by atoms with E-state index >= 15 is 0 Å². The molecule has 5 heteroatoms. The van der Waals surface area contributed by atoms with Crippen molar-refractivity contribution in [3.8, 4) is 0 Å². The standard InChI is InChI=1S/C20H21BrN2O2/c1-14(22-19(24)13-15-8-10-17(21)11-9-15)20(25)23-12-4-6-16-5-2-3-7-18(16)23/h2-3,5,7-11,14H,4,6,12-13H2,1H3,(H,22,24)/t14-/m0/s1. The van der Waals surface area contributed by atoms with Crippen LogP contribution in [0.15, 0.2) is 53.0 Å². The van der Waals surface area contributed by atoms with Crippen molar-refractivity contribution in [2.75, 3.05) is 11.4 Å². The molecule has 1 atom stereocenters. The number of nitrogens with zero attached hydrogens (tertiary/aromatic N) is 1. The summed E-state index contributed by atoms with van der Waals surface area (Å²) in [6.45, 7) is 2.45. The van der Waals surface area contributed by atoms with Gasteiger partial charge < -0.3 is 10.2 Å². The van der Waals surface area contributed by atoms with Gasteiger partial charge in [-0.05, 0) is 49.1 Å². The highest BCUT2D eigenvalue weighted by molar-refractivity contribution is 9.10. The van der Waals surface area contributed by atoms with Gasteiger partial charge in [-0.25, -0.2) is 0 Å². The average molecular weight is 401 g/mol. The van der Waals surface area contributed by atoms with Crippen LogP contribution in [-0.2, 0) is 22.4 Å². The summed E-state index contributed by atoms with van der Waals surface area (Å²) in [6, 6.07) is 15.0. The minimum absolute atomic E-state index is 0.0590. The van der Waals surface area contributed by atoms with E-state index in [0.717, 1.165) is 28.6 Å². The summed E-state index contributed by atoms with van der Waals surface area (Å²) in [7, 11) is 0. The summed E-state index contributed by atoms with van der Waals surface area (Å²) in [6.07, 6.45) is 2.20. The molecular weight excluding hydrogens is 380 g/mol. The zero-order valence-electron chi connectivity index (χ0n) is 14.2. The molecule has 0 aliphatic carbocycles. The number of amides is 2. The number of benzene rings is 2. The first-order valence-electron chi connectivity index (χ1n) is 8.47. The number of carbonyl (C=O) groups is 2. The monoisotopic (exact) mass is 400 g/mol. The number of nitrogens with one attached hydrogen (secondary N) is 1. The van der Waals surface area contributed by atoms with Crippen LogP contribution >= 0.6 is 15.9 Å². The average Bonchev–Trinajstić information content (AvgIpc) is 2.62. The predicted octanol–water partition coefficient (Wildman–Crippen LogP) is 3.48. The van der Waals surface area contributed by atoms with Gasteiger partial charge in [-0.3, -0.25) is 9.59 Å². The number of halogens is 1. The van der Waals surface area contributed by atoms with Gasteiger partial charge in [-0.1, -0.05) is 46.3 Å². The Morgan fingerprint density at radius 3 is 2.64 bits per heavy atom. The third kappa shape index (κ3) is 4.28. The maximum Gasteiger partial charge on any atom is 0.249 e. The Kier molecular flexibility index (Phi) is 5.53. The van der Waals surface area contributed by atoms with E-state index in [-0.39, 0.29) is 18.2 Å². The highest BCUT2D eigenvalue weighted by atomic mass is 79.9. The summed E-state index contributed by atoms with van der Waals surface area (Å²) in [5.74, 6) is -0.204. The highest BCUT2D eigenvalue weighted by Crippen LogP contribution is 2.27. The van der Waals surface area contributed by atoms with Crippen LogP contribution in [0.1, 0.15) is 24.5 Å². The van der Waals surface area contributed by atoms with Crippen molar-refractivity contribution < 1.29 is 9.59 Å². The Morgan fingerprint density at radius 1 is 1.16 bits per heavy atom. The summed E-state index contributed by atoms with van der Waals surface area (Å²) >= 11 is 3.38. The Bertz CT molecular complexity index is 774. The van der Waals surface area contributed by atoms with E-state index in [1.54, 1.807) is 11.8 Å². The van der Waals surface area contributed by atoms with Crippen molar-refractivity contribution in [2.24, 2.45) is 0 Å². The Labute approximate surface area is 156 Å². The first-order valence-corrected chi connectivity index (χ1v) is 9.27. The van der Waals surface area contributed by atoms with E-state index < -0.39 is 6.04 Å². The number of hydrogen-bond acceptors (Lipinski definition) is 2. The topological polar surface area (TPSA) is 49.4 Å². The summed E-state index contributed by atoms with van der Waals surface area (Å²) < 4.78 is 0.976. The molecule has 0 fully saturated rings. The largest absolute Gasteiger partial charge is 0.344 e. The van der Waals surface area contributed by atoms with Crippen molar-refractivity contribution in [1.82, 2.24) is 5.32 Å². The second-order valence-corrected chi connectivity index (χ2v) is 7.23. The summed E-state index contributed by atoms with van der Waals surface area (Å²) in [4.78, 5) is 26.8. The van der Waals surface area contributed by atoms with Gasteiger partial charge in [-0.15, -0.1) is 0 Å². The van der Waals surface area contributed by atoms with Gasteiger partial charge in [-0.2, -0.15) is 0 Å². The van der Waals surface area contributed by atoms with Crippen molar-refractivity contribution in [3.63, 3.8) is 0 Å². The number of hydrogen-bond donors (Lipinski definition) is 1. The molecule has 2 aromatic carbocycles. The number of aryl methyl sites for hydroxylation is 1. The van der Waals surface area contributed by atoms with E-state index in [4.69, 9.17) is 0 Å².